The average Bonchev–Trinajstić information content (AvgIpc) is 2.91. The maximum Gasteiger partial charge on any atom is 0.137 e. The molecular formula is C18H25NO. The monoisotopic (exact) mass is 271 g/mol. The number of hydrogen-bond donors (Lipinski definition) is 1. The Hall–Kier alpha value is -1.28. The molecule has 0 bridgehead atoms. The topological polar surface area (TPSA) is 25.2 Å². The number of nitrogens with one attached hydrogen (secondary N) is 1. The molecule has 1 saturated carbocycles. The number of fused-ring (bicyclic) bond motifs is 1. The molecule has 1 heterocycles. The molecule has 108 valence electrons. The van der Waals surface area contributed by atoms with Crippen LogP contribution in [0.2, 0.25) is 0 Å². The van der Waals surface area contributed by atoms with Gasteiger partial charge in [0.1, 0.15) is 11.3 Å². The summed E-state index contributed by atoms with van der Waals surface area (Å²) in [6, 6.07) is 9.25. The quantitative estimate of drug-likeness (QED) is 0.866. The van der Waals surface area contributed by atoms with Gasteiger partial charge in [0.05, 0.1) is 0 Å². The van der Waals surface area contributed by atoms with E-state index >= 15 is 0 Å². The van der Waals surface area contributed by atoms with E-state index in [2.05, 4.69) is 43.4 Å². The van der Waals surface area contributed by atoms with Crippen molar-refractivity contribution in [1.29, 1.82) is 0 Å². The van der Waals surface area contributed by atoms with Gasteiger partial charge in [0.15, 0.2) is 0 Å². The molecule has 20 heavy (non-hydrogen) atoms. The maximum absolute atomic E-state index is 6.21. The first-order chi connectivity index (χ1) is 9.79. The Morgan fingerprint density at radius 1 is 1.25 bits per heavy atom. The number of para-hydroxylation sites is 1. The Labute approximate surface area is 121 Å². The van der Waals surface area contributed by atoms with Crippen LogP contribution in [0, 0.1) is 6.92 Å². The molecule has 1 aliphatic rings. The zero-order chi connectivity index (χ0) is 13.9. The van der Waals surface area contributed by atoms with Crippen LogP contribution < -0.4 is 5.32 Å². The lowest BCUT2D eigenvalue weighted by Crippen LogP contribution is -2.37. The predicted octanol–water partition coefficient (Wildman–Crippen LogP) is 4.77. The summed E-state index contributed by atoms with van der Waals surface area (Å²) >= 11 is 0. The second-order valence-corrected chi connectivity index (χ2v) is 6.09. The van der Waals surface area contributed by atoms with Gasteiger partial charge < -0.3 is 9.73 Å². The highest BCUT2D eigenvalue weighted by atomic mass is 16.3. The second-order valence-electron chi connectivity index (χ2n) is 6.09. The molecule has 2 nitrogen and oxygen atoms in total. The third-order valence-electron chi connectivity index (χ3n) is 4.55. The largest absolute Gasteiger partial charge is 0.460 e. The number of furan rings is 1. The minimum Gasteiger partial charge on any atom is -0.460 e. The molecule has 2 aromatic rings. The Balaban J connectivity index is 1.89. The van der Waals surface area contributed by atoms with Gasteiger partial charge in [-0.3, -0.25) is 0 Å². The summed E-state index contributed by atoms with van der Waals surface area (Å²) in [6.07, 6.45) is 6.39. The molecule has 1 fully saturated rings. The molecular weight excluding hydrogens is 246 g/mol. The van der Waals surface area contributed by atoms with Crippen LogP contribution in [0.25, 0.3) is 11.0 Å². The Kier molecular flexibility index (Phi) is 4.11. The average molecular weight is 271 g/mol. The van der Waals surface area contributed by atoms with E-state index in [4.69, 9.17) is 4.42 Å². The lowest BCUT2D eigenvalue weighted by molar-refractivity contribution is 0.297. The molecule has 0 aliphatic heterocycles. The molecule has 2 atom stereocenters. The summed E-state index contributed by atoms with van der Waals surface area (Å²) in [7, 11) is 0. The van der Waals surface area contributed by atoms with E-state index in [1.807, 2.05) is 0 Å². The summed E-state index contributed by atoms with van der Waals surface area (Å²) in [6.45, 7) is 5.47. The van der Waals surface area contributed by atoms with Crippen molar-refractivity contribution < 1.29 is 4.42 Å². The highest BCUT2D eigenvalue weighted by Crippen LogP contribution is 2.36. The van der Waals surface area contributed by atoms with E-state index < -0.39 is 0 Å². The van der Waals surface area contributed by atoms with Crippen LogP contribution >= 0.6 is 0 Å². The highest BCUT2D eigenvalue weighted by molar-refractivity contribution is 5.81. The molecule has 0 spiro atoms. The van der Waals surface area contributed by atoms with Crippen LogP contribution in [0.1, 0.15) is 56.3 Å². The molecule has 1 aromatic heterocycles. The smallest absolute Gasteiger partial charge is 0.137 e. The number of rotatable bonds is 4. The second kappa shape index (κ2) is 6.01. The molecule has 3 rings (SSSR count). The van der Waals surface area contributed by atoms with Gasteiger partial charge in [-0.2, -0.15) is 0 Å². The Morgan fingerprint density at radius 2 is 2.10 bits per heavy atom. The van der Waals surface area contributed by atoms with Crippen molar-refractivity contribution in [3.8, 4) is 0 Å². The van der Waals surface area contributed by atoms with E-state index in [-0.39, 0.29) is 0 Å². The van der Waals surface area contributed by atoms with Gasteiger partial charge in [-0.25, -0.2) is 0 Å². The molecule has 1 aromatic carbocycles. The van der Waals surface area contributed by atoms with Crippen molar-refractivity contribution >= 4 is 11.0 Å². The first kappa shape index (κ1) is 13.7. The maximum atomic E-state index is 6.21. The van der Waals surface area contributed by atoms with Crippen molar-refractivity contribution in [3.63, 3.8) is 0 Å². The van der Waals surface area contributed by atoms with Crippen LogP contribution in [0.15, 0.2) is 28.7 Å². The van der Waals surface area contributed by atoms with E-state index in [1.54, 1.807) is 0 Å². The van der Waals surface area contributed by atoms with E-state index in [1.165, 1.54) is 48.8 Å². The third kappa shape index (κ3) is 2.62. The van der Waals surface area contributed by atoms with E-state index in [0.717, 1.165) is 12.1 Å². The fourth-order valence-electron chi connectivity index (χ4n) is 3.46. The standard InChI is InChI=1S/C18H25NO/c1-3-11-19-16-10-5-4-9-15(16)17-12-14-8-6-7-13(2)18(14)20-17/h6-8,12,15-16,19H,3-5,9-11H2,1-2H3. The van der Waals surface area contributed by atoms with E-state index in [0.29, 0.717) is 12.0 Å². The van der Waals surface area contributed by atoms with Crippen molar-refractivity contribution in [2.24, 2.45) is 0 Å². The zero-order valence-corrected chi connectivity index (χ0v) is 12.6. The molecule has 2 unspecified atom stereocenters. The van der Waals surface area contributed by atoms with Gasteiger partial charge in [-0.05, 0) is 44.4 Å². The summed E-state index contributed by atoms with van der Waals surface area (Å²) in [5.74, 6) is 1.73. The lowest BCUT2D eigenvalue weighted by Gasteiger charge is -2.31. The Morgan fingerprint density at radius 3 is 2.90 bits per heavy atom. The molecule has 1 N–H and O–H groups in total. The van der Waals surface area contributed by atoms with Crippen LogP contribution in [0.4, 0.5) is 0 Å². The van der Waals surface area contributed by atoms with Crippen molar-refractivity contribution in [2.45, 2.75) is 57.9 Å². The fourth-order valence-corrected chi connectivity index (χ4v) is 3.46. The van der Waals surface area contributed by atoms with Crippen LogP contribution in [0.5, 0.6) is 0 Å². The lowest BCUT2D eigenvalue weighted by atomic mass is 9.83. The van der Waals surface area contributed by atoms with Crippen LogP contribution in [0.3, 0.4) is 0 Å². The fraction of sp³-hybridized carbons (Fsp3) is 0.556. The molecule has 2 heteroatoms. The molecule has 0 saturated heterocycles. The first-order valence-corrected chi connectivity index (χ1v) is 8.02. The van der Waals surface area contributed by atoms with Gasteiger partial charge in [0.2, 0.25) is 0 Å². The van der Waals surface area contributed by atoms with Gasteiger partial charge in [-0.1, -0.05) is 38.0 Å². The number of benzene rings is 1. The minimum atomic E-state index is 0.544. The SMILES string of the molecule is CCCNC1CCCCC1c1cc2cccc(C)c2o1. The molecule has 0 amide bonds. The van der Waals surface area contributed by atoms with Crippen molar-refractivity contribution in [2.75, 3.05) is 6.54 Å². The minimum absolute atomic E-state index is 0.544. The summed E-state index contributed by atoms with van der Waals surface area (Å²) in [5.41, 5.74) is 2.31. The normalized spacial score (nSPS) is 23.3. The molecule has 1 aliphatic carbocycles. The summed E-state index contributed by atoms with van der Waals surface area (Å²) in [4.78, 5) is 0. The van der Waals surface area contributed by atoms with Gasteiger partial charge in [0.25, 0.3) is 0 Å². The summed E-state index contributed by atoms with van der Waals surface area (Å²) < 4.78 is 6.21. The van der Waals surface area contributed by atoms with Crippen molar-refractivity contribution in [1.82, 2.24) is 5.32 Å². The van der Waals surface area contributed by atoms with Crippen molar-refractivity contribution in [3.05, 3.63) is 35.6 Å². The number of aryl methyl sites for hydroxylation is 1. The molecule has 0 radical (unpaired) electrons. The van der Waals surface area contributed by atoms with Gasteiger partial charge >= 0.3 is 0 Å². The highest BCUT2D eigenvalue weighted by Gasteiger charge is 2.28. The third-order valence-corrected chi connectivity index (χ3v) is 4.55. The van der Waals surface area contributed by atoms with Gasteiger partial charge in [0, 0.05) is 17.3 Å². The summed E-state index contributed by atoms with van der Waals surface area (Å²) in [5, 5.41) is 4.97. The van der Waals surface area contributed by atoms with Crippen LogP contribution in [-0.2, 0) is 0 Å². The number of hydrogen-bond acceptors (Lipinski definition) is 2. The van der Waals surface area contributed by atoms with E-state index in [9.17, 15) is 0 Å². The predicted molar refractivity (Wildman–Crippen MR) is 84.2 cm³/mol. The van der Waals surface area contributed by atoms with Crippen LogP contribution in [-0.4, -0.2) is 12.6 Å². The Bertz CT molecular complexity index is 572. The van der Waals surface area contributed by atoms with Gasteiger partial charge in [-0.15, -0.1) is 0 Å². The zero-order valence-electron chi connectivity index (χ0n) is 12.6. The first-order valence-electron chi connectivity index (χ1n) is 8.02.